The Hall–Kier alpha value is -2.82. The molecule has 1 heterocycles. The van der Waals surface area contributed by atoms with Crippen molar-refractivity contribution in [3.8, 4) is 11.8 Å². The smallest absolute Gasteiger partial charge is 0.263 e. The Morgan fingerprint density at radius 3 is 2.36 bits per heavy atom. The predicted molar refractivity (Wildman–Crippen MR) is 95.3 cm³/mol. The number of sulfonamides is 1. The molecule has 3 aromatic rings. The van der Waals surface area contributed by atoms with E-state index in [-0.39, 0.29) is 4.90 Å². The lowest BCUT2D eigenvalue weighted by atomic mass is 10.2. The van der Waals surface area contributed by atoms with Crippen molar-refractivity contribution in [2.45, 2.75) is 11.8 Å². The number of nitrogens with zero attached hydrogens (tertiary/aromatic N) is 3. The maximum Gasteiger partial charge on any atom is 0.263 e. The molecule has 0 aliphatic heterocycles. The van der Waals surface area contributed by atoms with Crippen LogP contribution in [0.15, 0.2) is 59.5 Å². The summed E-state index contributed by atoms with van der Waals surface area (Å²) in [4.78, 5) is 0.0630. The number of rotatable bonds is 4. The fourth-order valence-electron chi connectivity index (χ4n) is 2.26. The van der Waals surface area contributed by atoms with Crippen LogP contribution in [0.1, 0.15) is 11.3 Å². The van der Waals surface area contributed by atoms with E-state index in [0.29, 0.717) is 27.8 Å². The van der Waals surface area contributed by atoms with Gasteiger partial charge in [-0.15, -0.1) is 0 Å². The molecule has 0 fully saturated rings. The van der Waals surface area contributed by atoms with Gasteiger partial charge in [-0.25, -0.2) is 13.1 Å². The molecule has 0 aliphatic carbocycles. The van der Waals surface area contributed by atoms with Crippen molar-refractivity contribution >= 4 is 27.4 Å². The Bertz CT molecular complexity index is 1050. The zero-order chi connectivity index (χ0) is 18.0. The van der Waals surface area contributed by atoms with Gasteiger partial charge in [0.05, 0.1) is 27.9 Å². The molecule has 0 saturated carbocycles. The number of benzene rings is 2. The van der Waals surface area contributed by atoms with Crippen LogP contribution in [0.25, 0.3) is 5.69 Å². The first-order chi connectivity index (χ1) is 11.9. The predicted octanol–water partition coefficient (Wildman–Crippen LogP) is 3.51. The highest BCUT2D eigenvalue weighted by molar-refractivity contribution is 7.92. The minimum atomic E-state index is -3.81. The highest BCUT2D eigenvalue weighted by Gasteiger charge is 2.18. The topological polar surface area (TPSA) is 87.8 Å². The maximum absolute atomic E-state index is 12.6. The fraction of sp³-hybridized carbons (Fsp3) is 0.0588. The molecular weight excluding hydrogens is 360 g/mol. The molecule has 1 aromatic heterocycles. The van der Waals surface area contributed by atoms with Gasteiger partial charge in [0.1, 0.15) is 5.82 Å². The fourth-order valence-corrected chi connectivity index (χ4v) is 3.42. The summed E-state index contributed by atoms with van der Waals surface area (Å²) in [6.45, 7) is 1.77. The van der Waals surface area contributed by atoms with Gasteiger partial charge < -0.3 is 0 Å². The average Bonchev–Trinajstić information content (AvgIpc) is 2.95. The first-order valence-electron chi connectivity index (χ1n) is 7.25. The van der Waals surface area contributed by atoms with Crippen molar-refractivity contribution in [2.24, 2.45) is 0 Å². The monoisotopic (exact) mass is 372 g/mol. The van der Waals surface area contributed by atoms with Crippen LogP contribution >= 0.6 is 11.6 Å². The van der Waals surface area contributed by atoms with Crippen molar-refractivity contribution in [3.05, 3.63) is 70.9 Å². The maximum atomic E-state index is 12.6. The summed E-state index contributed by atoms with van der Waals surface area (Å²) in [5.74, 6) is 0.309. The SMILES string of the molecule is Cc1cc(NS(=O)(=O)c2ccc(C#N)cc2)n(-c2ccc(Cl)cc2)n1. The number of nitriles is 1. The summed E-state index contributed by atoms with van der Waals surface area (Å²) in [6.07, 6.45) is 0. The van der Waals surface area contributed by atoms with Gasteiger partial charge in [-0.05, 0) is 55.5 Å². The van der Waals surface area contributed by atoms with Gasteiger partial charge in [-0.1, -0.05) is 11.6 Å². The Morgan fingerprint density at radius 1 is 1.12 bits per heavy atom. The van der Waals surface area contributed by atoms with E-state index < -0.39 is 10.0 Å². The van der Waals surface area contributed by atoms with Gasteiger partial charge in [-0.3, -0.25) is 4.72 Å². The molecule has 0 spiro atoms. The molecule has 8 heteroatoms. The lowest BCUT2D eigenvalue weighted by Gasteiger charge is -2.11. The molecule has 0 aliphatic rings. The molecule has 1 N–H and O–H groups in total. The third kappa shape index (κ3) is 3.65. The van der Waals surface area contributed by atoms with E-state index in [1.165, 1.54) is 28.9 Å². The quantitative estimate of drug-likeness (QED) is 0.759. The summed E-state index contributed by atoms with van der Waals surface area (Å²) in [5, 5.41) is 13.7. The van der Waals surface area contributed by atoms with Crippen LogP contribution in [-0.2, 0) is 10.0 Å². The molecule has 6 nitrogen and oxygen atoms in total. The number of hydrogen-bond acceptors (Lipinski definition) is 4. The summed E-state index contributed by atoms with van der Waals surface area (Å²) in [5.41, 5.74) is 1.73. The molecular formula is C17H13ClN4O2S. The first kappa shape index (κ1) is 17.0. The van der Waals surface area contributed by atoms with Crippen LogP contribution in [0.5, 0.6) is 0 Å². The summed E-state index contributed by atoms with van der Waals surface area (Å²) >= 11 is 5.89. The van der Waals surface area contributed by atoms with E-state index in [2.05, 4.69) is 9.82 Å². The lowest BCUT2D eigenvalue weighted by Crippen LogP contribution is -2.15. The highest BCUT2D eigenvalue weighted by atomic mass is 35.5. The van der Waals surface area contributed by atoms with Crippen LogP contribution in [0, 0.1) is 18.3 Å². The molecule has 0 radical (unpaired) electrons. The molecule has 0 unspecified atom stereocenters. The summed E-state index contributed by atoms with van der Waals surface area (Å²) in [7, 11) is -3.81. The average molecular weight is 373 g/mol. The molecule has 0 amide bonds. The van der Waals surface area contributed by atoms with Crippen molar-refractivity contribution in [2.75, 3.05) is 4.72 Å². The Morgan fingerprint density at radius 2 is 1.76 bits per heavy atom. The normalized spacial score (nSPS) is 11.1. The zero-order valence-electron chi connectivity index (χ0n) is 13.1. The zero-order valence-corrected chi connectivity index (χ0v) is 14.7. The third-order valence-electron chi connectivity index (χ3n) is 3.44. The molecule has 0 saturated heterocycles. The first-order valence-corrected chi connectivity index (χ1v) is 9.11. The van der Waals surface area contributed by atoms with E-state index in [9.17, 15) is 8.42 Å². The molecule has 3 rings (SSSR count). The Labute approximate surface area is 150 Å². The van der Waals surface area contributed by atoms with Crippen LogP contribution in [-0.4, -0.2) is 18.2 Å². The molecule has 25 heavy (non-hydrogen) atoms. The van der Waals surface area contributed by atoms with Crippen molar-refractivity contribution in [3.63, 3.8) is 0 Å². The number of halogens is 1. The van der Waals surface area contributed by atoms with Gasteiger partial charge in [0, 0.05) is 11.1 Å². The molecule has 126 valence electrons. The van der Waals surface area contributed by atoms with Crippen LogP contribution in [0.3, 0.4) is 0 Å². The van der Waals surface area contributed by atoms with E-state index in [1.807, 2.05) is 6.07 Å². The van der Waals surface area contributed by atoms with Crippen LogP contribution < -0.4 is 4.72 Å². The largest absolute Gasteiger partial charge is 0.263 e. The summed E-state index contributed by atoms with van der Waals surface area (Å²) < 4.78 is 29.2. The highest BCUT2D eigenvalue weighted by Crippen LogP contribution is 2.22. The second kappa shape index (κ2) is 6.59. The lowest BCUT2D eigenvalue weighted by molar-refractivity contribution is 0.600. The van der Waals surface area contributed by atoms with E-state index in [4.69, 9.17) is 16.9 Å². The van der Waals surface area contributed by atoms with Gasteiger partial charge in [-0.2, -0.15) is 10.4 Å². The Kier molecular flexibility index (Phi) is 4.49. The van der Waals surface area contributed by atoms with Gasteiger partial charge in [0.2, 0.25) is 0 Å². The van der Waals surface area contributed by atoms with Crippen molar-refractivity contribution in [1.82, 2.24) is 9.78 Å². The summed E-state index contributed by atoms with van der Waals surface area (Å²) in [6, 6.07) is 16.2. The molecule has 2 aromatic carbocycles. The second-order valence-corrected chi connectivity index (χ2v) is 7.42. The number of nitrogens with one attached hydrogen (secondary N) is 1. The van der Waals surface area contributed by atoms with Gasteiger partial charge in [0.25, 0.3) is 10.0 Å². The third-order valence-corrected chi connectivity index (χ3v) is 5.06. The van der Waals surface area contributed by atoms with Crippen LogP contribution in [0.2, 0.25) is 5.02 Å². The van der Waals surface area contributed by atoms with Gasteiger partial charge in [0.15, 0.2) is 0 Å². The van der Waals surface area contributed by atoms with Crippen LogP contribution in [0.4, 0.5) is 5.82 Å². The number of aryl methyl sites for hydroxylation is 1. The number of hydrogen-bond donors (Lipinski definition) is 1. The Balaban J connectivity index is 1.97. The minimum Gasteiger partial charge on any atom is -0.263 e. The minimum absolute atomic E-state index is 0.0630. The van der Waals surface area contributed by atoms with E-state index in [1.54, 1.807) is 37.3 Å². The van der Waals surface area contributed by atoms with E-state index in [0.717, 1.165) is 0 Å². The molecule has 0 atom stereocenters. The van der Waals surface area contributed by atoms with Gasteiger partial charge >= 0.3 is 0 Å². The second-order valence-electron chi connectivity index (χ2n) is 5.30. The number of aromatic nitrogens is 2. The number of anilines is 1. The van der Waals surface area contributed by atoms with E-state index >= 15 is 0 Å². The van der Waals surface area contributed by atoms with Crippen molar-refractivity contribution in [1.29, 1.82) is 5.26 Å². The molecule has 0 bridgehead atoms. The standard InChI is InChI=1S/C17H13ClN4O2S/c1-12-10-17(22(20-12)15-6-4-14(18)5-7-15)21-25(23,24)16-8-2-13(11-19)3-9-16/h2-10,21H,1H3. The van der Waals surface area contributed by atoms with Crippen molar-refractivity contribution < 1.29 is 8.42 Å².